The number of rotatable bonds is 18. The Morgan fingerprint density at radius 2 is 0.935 bits per heavy atom. The smallest absolute Gasteiger partial charge is 0.145 e. The Morgan fingerprint density at radius 1 is 0.500 bits per heavy atom. The summed E-state index contributed by atoms with van der Waals surface area (Å²) >= 11 is 0. The number of hydrogen-bond acceptors (Lipinski definition) is 7. The highest BCUT2D eigenvalue weighted by Crippen LogP contribution is 2.27. The highest BCUT2D eigenvalue weighted by atomic mass is 16.5. The van der Waals surface area contributed by atoms with E-state index in [1.54, 1.807) is 12.4 Å². The first-order chi connectivity index (χ1) is 30.4. The van der Waals surface area contributed by atoms with Crippen LogP contribution in [0, 0.1) is 0 Å². The van der Waals surface area contributed by atoms with Crippen LogP contribution in [-0.2, 0) is 35.3 Å². The third kappa shape index (κ3) is 12.1. The number of Topliss-reactive ketones (excluding diaryl/α,β-unsaturated/α-hetero) is 2. The van der Waals surface area contributed by atoms with E-state index in [-0.39, 0.29) is 29.9 Å². The summed E-state index contributed by atoms with van der Waals surface area (Å²) in [5, 5.41) is 4.36. The Bertz CT molecular complexity index is 2460. The molecule has 0 radical (unpaired) electrons. The molecule has 0 aliphatic heterocycles. The van der Waals surface area contributed by atoms with Crippen LogP contribution in [-0.4, -0.2) is 41.3 Å². The van der Waals surface area contributed by atoms with E-state index in [9.17, 15) is 9.59 Å². The van der Waals surface area contributed by atoms with Crippen LogP contribution in [0.2, 0.25) is 0 Å². The first-order valence-electron chi connectivity index (χ1n) is 21.4. The van der Waals surface area contributed by atoms with E-state index in [1.807, 2.05) is 140 Å². The number of ketones is 2. The highest BCUT2D eigenvalue weighted by Gasteiger charge is 2.21. The second-order valence-electron chi connectivity index (χ2n) is 15.5. The van der Waals surface area contributed by atoms with Gasteiger partial charge in [0.15, 0.2) is 0 Å². The van der Waals surface area contributed by atoms with Gasteiger partial charge in [0.25, 0.3) is 0 Å². The van der Waals surface area contributed by atoms with Crippen molar-refractivity contribution in [3.63, 3.8) is 0 Å². The Labute approximate surface area is 364 Å². The van der Waals surface area contributed by atoms with Crippen molar-refractivity contribution in [3.05, 3.63) is 216 Å². The number of hydrogen-bond donors (Lipinski definition) is 1. The molecule has 0 saturated heterocycles. The predicted molar refractivity (Wildman–Crippen MR) is 250 cm³/mol. The molecule has 2 heterocycles. The molecule has 2 N–H and O–H groups in total. The summed E-state index contributed by atoms with van der Waals surface area (Å²) in [6.45, 7) is 3.60. The maximum Gasteiger partial charge on any atom is 0.145 e. The lowest BCUT2D eigenvalue weighted by Gasteiger charge is -2.15. The molecule has 0 bridgehead atoms. The number of ether oxygens (including phenoxy) is 2. The Balaban J connectivity index is 0.000000186. The van der Waals surface area contributed by atoms with Gasteiger partial charge in [-0.15, -0.1) is 0 Å². The Kier molecular flexibility index (Phi) is 15.3. The van der Waals surface area contributed by atoms with E-state index in [4.69, 9.17) is 15.2 Å². The molecule has 7 nitrogen and oxygen atoms in total. The summed E-state index contributed by atoms with van der Waals surface area (Å²) in [6.07, 6.45) is 10.5. The van der Waals surface area contributed by atoms with E-state index >= 15 is 0 Å². The van der Waals surface area contributed by atoms with Crippen LogP contribution >= 0.6 is 0 Å². The molecule has 8 rings (SSSR count). The van der Waals surface area contributed by atoms with Crippen molar-refractivity contribution in [2.45, 2.75) is 50.9 Å². The minimum atomic E-state index is -0.327. The molecule has 2 aromatic heterocycles. The molecule has 0 aliphatic carbocycles. The van der Waals surface area contributed by atoms with Gasteiger partial charge in [-0.1, -0.05) is 128 Å². The number of carbonyl (C=O) groups is 2. The van der Waals surface area contributed by atoms with Crippen LogP contribution in [0.3, 0.4) is 0 Å². The predicted octanol–water partition coefficient (Wildman–Crippen LogP) is 10.9. The third-order valence-corrected chi connectivity index (χ3v) is 11.2. The molecule has 0 aliphatic rings. The van der Waals surface area contributed by atoms with Crippen LogP contribution in [0.4, 0.5) is 0 Å². The van der Waals surface area contributed by atoms with Crippen LogP contribution in [0.1, 0.15) is 58.6 Å². The monoisotopic (exact) mass is 819 g/mol. The summed E-state index contributed by atoms with van der Waals surface area (Å²) in [5.41, 5.74) is 12.5. The molecule has 0 spiro atoms. The van der Waals surface area contributed by atoms with Gasteiger partial charge in [0, 0.05) is 73.7 Å². The van der Waals surface area contributed by atoms with E-state index < -0.39 is 0 Å². The fourth-order valence-electron chi connectivity index (χ4n) is 7.69. The molecule has 0 fully saturated rings. The number of aromatic nitrogens is 2. The second kappa shape index (κ2) is 22.0. The Morgan fingerprint density at radius 3 is 1.37 bits per heavy atom. The zero-order valence-corrected chi connectivity index (χ0v) is 35.2. The van der Waals surface area contributed by atoms with Crippen LogP contribution in [0.25, 0.3) is 21.5 Å². The minimum Gasteiger partial charge on any atom is -0.493 e. The number of pyridine rings is 2. The zero-order chi connectivity index (χ0) is 42.9. The SMILES string of the molecule is CCC(C(=O)Cc1ccc2cnccc2c1)c1ccc(OCCc2ccccc2)cc1.NCC(C(=O)Cc1ccc2cnccc2c1)c1ccc(OCCc2ccccc2)cc1. The topological polar surface area (TPSA) is 104 Å². The summed E-state index contributed by atoms with van der Waals surface area (Å²) < 4.78 is 11.7. The first kappa shape index (κ1) is 43.1. The first-order valence-corrected chi connectivity index (χ1v) is 21.4. The number of carbonyl (C=O) groups excluding carboxylic acids is 2. The number of benzene rings is 6. The molecule has 7 heteroatoms. The molecule has 0 amide bonds. The Hall–Kier alpha value is -6.96. The molecule has 8 aromatic rings. The maximum absolute atomic E-state index is 13.1. The van der Waals surface area contributed by atoms with Crippen molar-refractivity contribution in [1.29, 1.82) is 0 Å². The van der Waals surface area contributed by atoms with Crippen LogP contribution in [0.5, 0.6) is 11.5 Å². The maximum atomic E-state index is 13.1. The molecular weight excluding hydrogens is 767 g/mol. The fraction of sp³-hybridized carbons (Fsp3) is 0.200. The van der Waals surface area contributed by atoms with E-state index in [0.717, 1.165) is 74.6 Å². The highest BCUT2D eigenvalue weighted by molar-refractivity contribution is 5.90. The quantitative estimate of drug-likeness (QED) is 0.0919. The standard InChI is InChI=1S/C28H27NO2.C27H26N2O2/c1-2-27(28(30)19-22-8-9-25-20-29-16-14-24(25)18-22)23-10-12-26(13-11-23)31-17-15-21-6-4-3-5-7-21;28-18-26(27(30)17-21-6-7-24-19-29-14-12-23(24)16-21)22-8-10-25(11-9-22)31-15-13-20-4-2-1-3-5-20/h3-14,16,18,20,27H,2,15,17,19H2,1H3;1-12,14,16,19,26H,13,15,17-18,28H2. The third-order valence-electron chi connectivity index (χ3n) is 11.2. The van der Waals surface area contributed by atoms with Crippen molar-refractivity contribution in [2.24, 2.45) is 5.73 Å². The average molecular weight is 820 g/mol. The van der Waals surface area contributed by atoms with E-state index in [2.05, 4.69) is 47.2 Å². The van der Waals surface area contributed by atoms with Gasteiger partial charge in [0.1, 0.15) is 23.1 Å². The summed E-state index contributed by atoms with van der Waals surface area (Å²) in [4.78, 5) is 34.3. The second-order valence-corrected chi connectivity index (χ2v) is 15.5. The average Bonchev–Trinajstić information content (AvgIpc) is 3.31. The summed E-state index contributed by atoms with van der Waals surface area (Å²) in [7, 11) is 0. The lowest BCUT2D eigenvalue weighted by atomic mass is 9.88. The van der Waals surface area contributed by atoms with Crippen molar-refractivity contribution >= 4 is 33.1 Å². The summed E-state index contributed by atoms with van der Waals surface area (Å²) in [5.74, 6) is 1.57. The molecule has 6 aromatic carbocycles. The van der Waals surface area contributed by atoms with Crippen molar-refractivity contribution in [1.82, 2.24) is 9.97 Å². The van der Waals surface area contributed by atoms with Crippen LogP contribution in [0.15, 0.2) is 183 Å². The number of nitrogens with two attached hydrogens (primary N) is 1. The van der Waals surface area contributed by atoms with Gasteiger partial charge in [0.2, 0.25) is 0 Å². The largest absolute Gasteiger partial charge is 0.493 e. The normalized spacial score (nSPS) is 11.9. The fourth-order valence-corrected chi connectivity index (χ4v) is 7.69. The van der Waals surface area contributed by atoms with Crippen molar-refractivity contribution < 1.29 is 19.1 Å². The number of fused-ring (bicyclic) bond motifs is 2. The molecule has 62 heavy (non-hydrogen) atoms. The van der Waals surface area contributed by atoms with Crippen molar-refractivity contribution in [2.75, 3.05) is 19.8 Å². The molecule has 312 valence electrons. The minimum absolute atomic E-state index is 0.105. The van der Waals surface area contributed by atoms with Gasteiger partial charge in [0.05, 0.1) is 19.1 Å². The lowest BCUT2D eigenvalue weighted by molar-refractivity contribution is -0.120. The van der Waals surface area contributed by atoms with E-state index in [0.29, 0.717) is 26.1 Å². The lowest BCUT2D eigenvalue weighted by Crippen LogP contribution is -2.23. The van der Waals surface area contributed by atoms with Crippen molar-refractivity contribution in [3.8, 4) is 11.5 Å². The van der Waals surface area contributed by atoms with Gasteiger partial charge in [-0.25, -0.2) is 0 Å². The van der Waals surface area contributed by atoms with E-state index in [1.165, 1.54) is 11.1 Å². The molecular formula is C55H53N3O4. The molecule has 0 saturated carbocycles. The van der Waals surface area contributed by atoms with Gasteiger partial charge >= 0.3 is 0 Å². The van der Waals surface area contributed by atoms with Crippen LogP contribution < -0.4 is 15.2 Å². The number of nitrogens with zero attached hydrogens (tertiary/aromatic N) is 2. The zero-order valence-electron chi connectivity index (χ0n) is 35.2. The van der Waals surface area contributed by atoms with Gasteiger partial charge in [-0.05, 0) is 87.0 Å². The summed E-state index contributed by atoms with van der Waals surface area (Å²) in [6, 6.07) is 52.4. The van der Waals surface area contributed by atoms with Gasteiger partial charge in [-0.2, -0.15) is 0 Å². The molecule has 2 atom stereocenters. The molecule has 2 unspecified atom stereocenters. The van der Waals surface area contributed by atoms with Gasteiger partial charge in [-0.3, -0.25) is 19.6 Å². The van der Waals surface area contributed by atoms with Gasteiger partial charge < -0.3 is 15.2 Å².